The van der Waals surface area contributed by atoms with Gasteiger partial charge in [0.1, 0.15) is 5.69 Å². The molecular weight excluding hydrogens is 374 g/mol. The number of esters is 1. The zero-order valence-electron chi connectivity index (χ0n) is 15.4. The van der Waals surface area contributed by atoms with Crippen LogP contribution in [0.4, 0.5) is 11.4 Å². The maximum Gasteiger partial charge on any atom is 0.340 e. The molecule has 3 aromatic rings. The van der Waals surface area contributed by atoms with Gasteiger partial charge in [0.05, 0.1) is 10.5 Å². The molecule has 146 valence electrons. The minimum Gasteiger partial charge on any atom is -0.444 e. The van der Waals surface area contributed by atoms with Crippen LogP contribution in [0.25, 0.3) is 0 Å². The molecule has 8 heteroatoms. The van der Waals surface area contributed by atoms with Crippen LogP contribution >= 0.6 is 0 Å². The number of pyridine rings is 1. The first-order valence-corrected chi connectivity index (χ1v) is 8.67. The molecule has 0 spiro atoms. The average Bonchev–Trinajstić information content (AvgIpc) is 2.74. The summed E-state index contributed by atoms with van der Waals surface area (Å²) in [7, 11) is 0. The molecule has 0 radical (unpaired) electrons. The van der Waals surface area contributed by atoms with E-state index in [2.05, 4.69) is 10.3 Å². The molecule has 0 saturated carbocycles. The fourth-order valence-corrected chi connectivity index (χ4v) is 2.66. The molecule has 0 aliphatic rings. The van der Waals surface area contributed by atoms with Gasteiger partial charge in [-0.15, -0.1) is 0 Å². The summed E-state index contributed by atoms with van der Waals surface area (Å²) in [6.07, 6.45) is 1.53. The first-order chi connectivity index (χ1) is 14.0. The third-order valence-electron chi connectivity index (χ3n) is 4.07. The molecule has 1 amide bonds. The lowest BCUT2D eigenvalue weighted by Gasteiger charge is -2.18. The molecule has 1 atom stereocenters. The predicted molar refractivity (Wildman–Crippen MR) is 105 cm³/mol. The normalized spacial score (nSPS) is 11.3. The first kappa shape index (κ1) is 19.7. The fraction of sp³-hybridized carbons (Fsp3) is 0.0952. The predicted octanol–water partition coefficient (Wildman–Crippen LogP) is 3.84. The van der Waals surface area contributed by atoms with Gasteiger partial charge in [-0.2, -0.15) is 0 Å². The lowest BCUT2D eigenvalue weighted by Crippen LogP contribution is -2.26. The molecule has 8 nitrogen and oxygen atoms in total. The van der Waals surface area contributed by atoms with Gasteiger partial charge in [-0.3, -0.25) is 19.9 Å². The molecule has 0 saturated heterocycles. The molecule has 1 aromatic heterocycles. The fourth-order valence-electron chi connectivity index (χ4n) is 2.66. The number of hydrogen-bond donors (Lipinski definition) is 1. The van der Waals surface area contributed by atoms with Crippen molar-refractivity contribution in [3.8, 4) is 0 Å². The van der Waals surface area contributed by atoms with Crippen molar-refractivity contribution in [3.63, 3.8) is 0 Å². The SMILES string of the molecule is Cc1ccc(NC(=O)[C@H](OC(=O)c2cccnc2)c2ccccc2)c([N+](=O)[O-])c1. The topological polar surface area (TPSA) is 111 Å². The van der Waals surface area contributed by atoms with Gasteiger partial charge in [-0.05, 0) is 30.7 Å². The molecule has 0 unspecified atom stereocenters. The minimum atomic E-state index is -1.30. The quantitative estimate of drug-likeness (QED) is 0.388. The van der Waals surface area contributed by atoms with E-state index in [1.807, 2.05) is 0 Å². The smallest absolute Gasteiger partial charge is 0.340 e. The van der Waals surface area contributed by atoms with Crippen molar-refractivity contribution < 1.29 is 19.2 Å². The Balaban J connectivity index is 1.90. The number of amides is 1. The summed E-state index contributed by atoms with van der Waals surface area (Å²) >= 11 is 0. The van der Waals surface area contributed by atoms with Crippen molar-refractivity contribution in [2.24, 2.45) is 0 Å². The Hall–Kier alpha value is -4.07. The molecule has 1 heterocycles. The van der Waals surface area contributed by atoms with Crippen LogP contribution in [0.1, 0.15) is 27.6 Å². The van der Waals surface area contributed by atoms with E-state index in [1.165, 1.54) is 30.6 Å². The molecular formula is C21H17N3O5. The second-order valence-corrected chi connectivity index (χ2v) is 6.20. The zero-order chi connectivity index (χ0) is 20.8. The number of anilines is 1. The number of hydrogen-bond acceptors (Lipinski definition) is 6. The standard InChI is InChI=1S/C21H17N3O5/c1-14-9-10-17(18(12-14)24(27)28)23-20(25)19(15-6-3-2-4-7-15)29-21(26)16-8-5-11-22-13-16/h2-13,19H,1H3,(H,23,25)/t19-/m1/s1. The second kappa shape index (κ2) is 8.75. The summed E-state index contributed by atoms with van der Waals surface area (Å²) in [6, 6.07) is 15.9. The molecule has 29 heavy (non-hydrogen) atoms. The number of ether oxygens (including phenoxy) is 1. The highest BCUT2D eigenvalue weighted by molar-refractivity contribution is 5.99. The lowest BCUT2D eigenvalue weighted by atomic mass is 10.1. The van der Waals surface area contributed by atoms with Crippen LogP contribution < -0.4 is 5.32 Å². The Labute approximate surface area is 166 Å². The van der Waals surface area contributed by atoms with Crippen LogP contribution in [-0.2, 0) is 9.53 Å². The van der Waals surface area contributed by atoms with E-state index in [-0.39, 0.29) is 16.9 Å². The number of nitrogens with one attached hydrogen (secondary N) is 1. The average molecular weight is 391 g/mol. The number of carbonyl (C=O) groups excluding carboxylic acids is 2. The van der Waals surface area contributed by atoms with Crippen LogP contribution in [-0.4, -0.2) is 21.8 Å². The van der Waals surface area contributed by atoms with Crippen LogP contribution in [0.15, 0.2) is 73.1 Å². The van der Waals surface area contributed by atoms with E-state index in [1.54, 1.807) is 49.4 Å². The van der Waals surface area contributed by atoms with E-state index in [0.29, 0.717) is 11.1 Å². The van der Waals surface area contributed by atoms with E-state index < -0.39 is 22.9 Å². The van der Waals surface area contributed by atoms with Crippen molar-refractivity contribution in [1.82, 2.24) is 4.98 Å². The Morgan fingerprint density at radius 2 is 1.86 bits per heavy atom. The van der Waals surface area contributed by atoms with Crippen LogP contribution in [0.2, 0.25) is 0 Å². The Morgan fingerprint density at radius 3 is 2.52 bits per heavy atom. The number of nitrogens with zero attached hydrogens (tertiary/aromatic N) is 2. The number of nitro groups is 1. The van der Waals surface area contributed by atoms with Gasteiger partial charge in [0.15, 0.2) is 0 Å². The summed E-state index contributed by atoms with van der Waals surface area (Å²) in [5, 5.41) is 13.8. The summed E-state index contributed by atoms with van der Waals surface area (Å²) in [5.74, 6) is -1.44. The van der Waals surface area contributed by atoms with E-state index in [9.17, 15) is 19.7 Å². The Morgan fingerprint density at radius 1 is 1.10 bits per heavy atom. The number of aryl methyl sites for hydroxylation is 1. The minimum absolute atomic E-state index is 0.0176. The number of nitro benzene ring substituents is 1. The van der Waals surface area contributed by atoms with Gasteiger partial charge in [-0.25, -0.2) is 4.79 Å². The van der Waals surface area contributed by atoms with Crippen LogP contribution in [0.5, 0.6) is 0 Å². The van der Waals surface area contributed by atoms with Crippen molar-refractivity contribution in [2.75, 3.05) is 5.32 Å². The van der Waals surface area contributed by atoms with Gasteiger partial charge in [-0.1, -0.05) is 36.4 Å². The number of aromatic nitrogens is 1. The Bertz CT molecular complexity index is 1040. The van der Waals surface area contributed by atoms with Crippen molar-refractivity contribution in [2.45, 2.75) is 13.0 Å². The maximum absolute atomic E-state index is 12.9. The highest BCUT2D eigenvalue weighted by Crippen LogP contribution is 2.28. The third kappa shape index (κ3) is 4.81. The van der Waals surface area contributed by atoms with Crippen LogP contribution in [0.3, 0.4) is 0 Å². The van der Waals surface area contributed by atoms with Crippen molar-refractivity contribution in [3.05, 3.63) is 99.9 Å². The van der Waals surface area contributed by atoms with Gasteiger partial charge in [0.25, 0.3) is 11.6 Å². The van der Waals surface area contributed by atoms with Gasteiger partial charge < -0.3 is 10.1 Å². The van der Waals surface area contributed by atoms with E-state index >= 15 is 0 Å². The number of rotatable bonds is 6. The highest BCUT2D eigenvalue weighted by atomic mass is 16.6. The molecule has 0 aliphatic heterocycles. The maximum atomic E-state index is 12.9. The van der Waals surface area contributed by atoms with Gasteiger partial charge >= 0.3 is 5.97 Å². The number of carbonyl (C=O) groups is 2. The van der Waals surface area contributed by atoms with Crippen molar-refractivity contribution in [1.29, 1.82) is 0 Å². The molecule has 3 rings (SSSR count). The molecule has 0 aliphatic carbocycles. The lowest BCUT2D eigenvalue weighted by molar-refractivity contribution is -0.384. The van der Waals surface area contributed by atoms with E-state index in [0.717, 1.165) is 0 Å². The second-order valence-electron chi connectivity index (χ2n) is 6.20. The number of benzene rings is 2. The Kier molecular flexibility index (Phi) is 5.94. The summed E-state index contributed by atoms with van der Waals surface area (Å²) in [4.78, 5) is 40.0. The molecule has 0 bridgehead atoms. The molecule has 0 fully saturated rings. The monoisotopic (exact) mass is 391 g/mol. The summed E-state index contributed by atoms with van der Waals surface area (Å²) < 4.78 is 5.42. The molecule has 1 N–H and O–H groups in total. The highest BCUT2D eigenvalue weighted by Gasteiger charge is 2.27. The summed E-state index contributed by atoms with van der Waals surface area (Å²) in [6.45, 7) is 1.71. The van der Waals surface area contributed by atoms with E-state index in [4.69, 9.17) is 4.74 Å². The third-order valence-corrected chi connectivity index (χ3v) is 4.07. The van der Waals surface area contributed by atoms with Gasteiger partial charge in [0.2, 0.25) is 6.10 Å². The van der Waals surface area contributed by atoms with Gasteiger partial charge in [0, 0.05) is 24.0 Å². The zero-order valence-corrected chi connectivity index (χ0v) is 15.4. The molecule has 2 aromatic carbocycles. The van der Waals surface area contributed by atoms with Crippen molar-refractivity contribution >= 4 is 23.3 Å². The van der Waals surface area contributed by atoms with Crippen LogP contribution in [0, 0.1) is 17.0 Å². The first-order valence-electron chi connectivity index (χ1n) is 8.67. The summed E-state index contributed by atoms with van der Waals surface area (Å²) in [5.41, 5.74) is 1.06. The largest absolute Gasteiger partial charge is 0.444 e.